The molecule has 0 bridgehead atoms. The standard InChI is InChI=1S/C11H16O5/c1-15-10(13)6-9(12)7-3-4-8(5-7)11(14)16-2/h7-8H,3-6H2,1-2H3. The SMILES string of the molecule is COC(=O)CC(=O)C1CCC(C(=O)OC)C1. The zero-order chi connectivity index (χ0) is 12.1. The summed E-state index contributed by atoms with van der Waals surface area (Å²) in [5, 5.41) is 0. The summed E-state index contributed by atoms with van der Waals surface area (Å²) in [6.07, 6.45) is 1.59. The molecule has 1 saturated carbocycles. The summed E-state index contributed by atoms with van der Waals surface area (Å²) in [6.45, 7) is 0. The van der Waals surface area contributed by atoms with Crippen molar-refractivity contribution in [2.75, 3.05) is 14.2 Å². The minimum absolute atomic E-state index is 0.141. The maximum absolute atomic E-state index is 11.6. The second-order valence-electron chi connectivity index (χ2n) is 3.95. The molecule has 0 heterocycles. The van der Waals surface area contributed by atoms with Gasteiger partial charge in [0, 0.05) is 5.92 Å². The van der Waals surface area contributed by atoms with Crippen LogP contribution in [0.3, 0.4) is 0 Å². The zero-order valence-electron chi connectivity index (χ0n) is 9.52. The van der Waals surface area contributed by atoms with Gasteiger partial charge in [0.05, 0.1) is 20.1 Å². The smallest absolute Gasteiger partial charge is 0.313 e. The zero-order valence-corrected chi connectivity index (χ0v) is 9.52. The highest BCUT2D eigenvalue weighted by Gasteiger charge is 2.34. The molecule has 2 unspecified atom stereocenters. The molecule has 0 radical (unpaired) electrons. The van der Waals surface area contributed by atoms with Crippen LogP contribution in [0.25, 0.3) is 0 Å². The molecule has 0 aromatic rings. The van der Waals surface area contributed by atoms with Crippen molar-refractivity contribution in [3.8, 4) is 0 Å². The molecule has 5 heteroatoms. The number of rotatable bonds is 4. The summed E-state index contributed by atoms with van der Waals surface area (Å²) in [4.78, 5) is 33.8. The first-order valence-corrected chi connectivity index (χ1v) is 5.25. The van der Waals surface area contributed by atoms with E-state index < -0.39 is 5.97 Å². The molecular formula is C11H16O5. The number of carbonyl (C=O) groups is 3. The number of Topliss-reactive ketones (excluding diaryl/α,β-unsaturated/α-hetero) is 1. The molecular weight excluding hydrogens is 212 g/mol. The van der Waals surface area contributed by atoms with Crippen molar-refractivity contribution in [1.29, 1.82) is 0 Å². The normalized spacial score (nSPS) is 23.9. The van der Waals surface area contributed by atoms with Gasteiger partial charge in [0.2, 0.25) is 0 Å². The van der Waals surface area contributed by atoms with E-state index in [1.54, 1.807) is 0 Å². The van der Waals surface area contributed by atoms with Crippen LogP contribution in [0, 0.1) is 11.8 Å². The van der Waals surface area contributed by atoms with E-state index in [0.717, 1.165) is 0 Å². The number of methoxy groups -OCH3 is 2. The van der Waals surface area contributed by atoms with Crippen molar-refractivity contribution < 1.29 is 23.9 Å². The van der Waals surface area contributed by atoms with E-state index in [2.05, 4.69) is 9.47 Å². The number of esters is 2. The topological polar surface area (TPSA) is 69.7 Å². The number of hydrogen-bond acceptors (Lipinski definition) is 5. The first-order valence-electron chi connectivity index (χ1n) is 5.25. The Morgan fingerprint density at radius 3 is 2.25 bits per heavy atom. The van der Waals surface area contributed by atoms with Crippen LogP contribution in [0.4, 0.5) is 0 Å². The van der Waals surface area contributed by atoms with Gasteiger partial charge in [-0.1, -0.05) is 0 Å². The molecule has 16 heavy (non-hydrogen) atoms. The summed E-state index contributed by atoms with van der Waals surface area (Å²) in [6, 6.07) is 0. The van der Waals surface area contributed by atoms with Gasteiger partial charge in [-0.05, 0) is 19.3 Å². The number of hydrogen-bond donors (Lipinski definition) is 0. The Kier molecular flexibility index (Phi) is 4.46. The third-order valence-corrected chi connectivity index (χ3v) is 2.97. The summed E-state index contributed by atoms with van der Waals surface area (Å²) >= 11 is 0. The second kappa shape index (κ2) is 5.63. The van der Waals surface area contributed by atoms with Crippen molar-refractivity contribution >= 4 is 17.7 Å². The van der Waals surface area contributed by atoms with Crippen LogP contribution >= 0.6 is 0 Å². The van der Waals surface area contributed by atoms with Crippen molar-refractivity contribution in [2.45, 2.75) is 25.7 Å². The van der Waals surface area contributed by atoms with Crippen LogP contribution in [0.15, 0.2) is 0 Å². The van der Waals surface area contributed by atoms with Gasteiger partial charge in [-0.3, -0.25) is 14.4 Å². The van der Waals surface area contributed by atoms with E-state index in [-0.39, 0.29) is 30.0 Å². The van der Waals surface area contributed by atoms with E-state index in [9.17, 15) is 14.4 Å². The molecule has 90 valence electrons. The fourth-order valence-corrected chi connectivity index (χ4v) is 2.01. The lowest BCUT2D eigenvalue weighted by molar-refractivity contribution is -0.145. The third kappa shape index (κ3) is 3.05. The Morgan fingerprint density at radius 1 is 1.06 bits per heavy atom. The summed E-state index contributed by atoms with van der Waals surface area (Å²) in [5.41, 5.74) is 0. The van der Waals surface area contributed by atoms with Gasteiger partial charge in [0.1, 0.15) is 12.2 Å². The van der Waals surface area contributed by atoms with Gasteiger partial charge in [-0.2, -0.15) is 0 Å². The van der Waals surface area contributed by atoms with Crippen molar-refractivity contribution in [2.24, 2.45) is 11.8 Å². The van der Waals surface area contributed by atoms with Gasteiger partial charge < -0.3 is 9.47 Å². The molecule has 0 spiro atoms. The highest BCUT2D eigenvalue weighted by Crippen LogP contribution is 2.32. The Hall–Kier alpha value is -1.39. The second-order valence-corrected chi connectivity index (χ2v) is 3.95. The van der Waals surface area contributed by atoms with Crippen molar-refractivity contribution in [3.63, 3.8) is 0 Å². The minimum Gasteiger partial charge on any atom is -0.469 e. The van der Waals surface area contributed by atoms with E-state index in [0.29, 0.717) is 19.3 Å². The van der Waals surface area contributed by atoms with E-state index in [1.165, 1.54) is 14.2 Å². The molecule has 0 saturated heterocycles. The molecule has 1 aliphatic carbocycles. The average Bonchev–Trinajstić information content (AvgIpc) is 2.77. The molecule has 1 fully saturated rings. The molecule has 2 atom stereocenters. The fraction of sp³-hybridized carbons (Fsp3) is 0.727. The monoisotopic (exact) mass is 228 g/mol. The average molecular weight is 228 g/mol. The molecule has 0 aromatic carbocycles. The van der Waals surface area contributed by atoms with E-state index in [1.807, 2.05) is 0 Å². The number of carbonyl (C=O) groups excluding carboxylic acids is 3. The van der Waals surface area contributed by atoms with Gasteiger partial charge in [0.25, 0.3) is 0 Å². The lowest BCUT2D eigenvalue weighted by Crippen LogP contribution is -2.18. The largest absolute Gasteiger partial charge is 0.469 e. The highest BCUT2D eigenvalue weighted by atomic mass is 16.5. The van der Waals surface area contributed by atoms with Gasteiger partial charge in [-0.25, -0.2) is 0 Å². The quantitative estimate of drug-likeness (QED) is 0.523. The maximum Gasteiger partial charge on any atom is 0.313 e. The number of ketones is 1. The third-order valence-electron chi connectivity index (χ3n) is 2.97. The van der Waals surface area contributed by atoms with Gasteiger partial charge >= 0.3 is 11.9 Å². The minimum atomic E-state index is -0.522. The van der Waals surface area contributed by atoms with Crippen LogP contribution in [-0.2, 0) is 23.9 Å². The molecule has 1 rings (SSSR count). The fourth-order valence-electron chi connectivity index (χ4n) is 2.01. The molecule has 0 amide bonds. The summed E-state index contributed by atoms with van der Waals surface area (Å²) in [5.74, 6) is -1.34. The predicted octanol–water partition coefficient (Wildman–Crippen LogP) is 0.708. The maximum atomic E-state index is 11.6. The lowest BCUT2D eigenvalue weighted by atomic mass is 9.98. The Balaban J connectivity index is 2.43. The van der Waals surface area contributed by atoms with Crippen LogP contribution in [0.5, 0.6) is 0 Å². The van der Waals surface area contributed by atoms with Crippen LogP contribution in [0.2, 0.25) is 0 Å². The molecule has 5 nitrogen and oxygen atoms in total. The van der Waals surface area contributed by atoms with E-state index in [4.69, 9.17) is 0 Å². The Morgan fingerprint density at radius 2 is 1.69 bits per heavy atom. The van der Waals surface area contributed by atoms with Crippen molar-refractivity contribution in [1.82, 2.24) is 0 Å². The van der Waals surface area contributed by atoms with Gasteiger partial charge in [-0.15, -0.1) is 0 Å². The predicted molar refractivity (Wildman–Crippen MR) is 54.5 cm³/mol. The summed E-state index contributed by atoms with van der Waals surface area (Å²) < 4.78 is 9.05. The first-order chi connectivity index (χ1) is 7.58. The van der Waals surface area contributed by atoms with Crippen LogP contribution in [0.1, 0.15) is 25.7 Å². The van der Waals surface area contributed by atoms with Crippen LogP contribution in [-0.4, -0.2) is 31.9 Å². The number of ether oxygens (including phenoxy) is 2. The molecule has 0 aromatic heterocycles. The Bertz CT molecular complexity index is 297. The highest BCUT2D eigenvalue weighted by molar-refractivity contribution is 5.97. The first kappa shape index (κ1) is 12.7. The molecule has 0 aliphatic heterocycles. The Labute approximate surface area is 94.1 Å². The van der Waals surface area contributed by atoms with Crippen molar-refractivity contribution in [3.05, 3.63) is 0 Å². The van der Waals surface area contributed by atoms with E-state index >= 15 is 0 Å². The lowest BCUT2D eigenvalue weighted by Gasteiger charge is -2.08. The van der Waals surface area contributed by atoms with Crippen LogP contribution < -0.4 is 0 Å². The molecule has 1 aliphatic rings. The summed E-state index contributed by atoms with van der Waals surface area (Å²) in [7, 11) is 2.59. The molecule has 0 N–H and O–H groups in total. The van der Waals surface area contributed by atoms with Gasteiger partial charge in [0.15, 0.2) is 0 Å².